The van der Waals surface area contributed by atoms with E-state index in [2.05, 4.69) is 10.1 Å². The first kappa shape index (κ1) is 20.9. The molecule has 3 aromatic carbocycles. The van der Waals surface area contributed by atoms with E-state index < -0.39 is 5.97 Å². The number of carbonyl (C=O) groups excluding carboxylic acids is 1. The Morgan fingerprint density at radius 2 is 1.59 bits per heavy atom. The first-order valence-corrected chi connectivity index (χ1v) is 9.78. The van der Waals surface area contributed by atoms with E-state index in [4.69, 9.17) is 18.7 Å². The lowest BCUT2D eigenvalue weighted by Gasteiger charge is -2.07. The number of aromatic nitrogens is 2. The van der Waals surface area contributed by atoms with E-state index in [0.29, 0.717) is 34.2 Å². The van der Waals surface area contributed by atoms with Crippen molar-refractivity contribution in [3.05, 3.63) is 89.7 Å². The number of methoxy groups -OCH3 is 2. The van der Waals surface area contributed by atoms with Gasteiger partial charge >= 0.3 is 5.97 Å². The van der Waals surface area contributed by atoms with Gasteiger partial charge in [-0.3, -0.25) is 0 Å². The zero-order valence-electron chi connectivity index (χ0n) is 17.5. The van der Waals surface area contributed by atoms with Crippen molar-refractivity contribution >= 4 is 18.1 Å². The summed E-state index contributed by atoms with van der Waals surface area (Å²) in [5.41, 5.74) is 1.85. The Morgan fingerprint density at radius 1 is 0.844 bits per heavy atom. The van der Waals surface area contributed by atoms with Gasteiger partial charge in [0.25, 0.3) is 5.89 Å². The summed E-state index contributed by atoms with van der Waals surface area (Å²) in [5, 5.41) is 3.99. The molecule has 0 aliphatic heterocycles. The Morgan fingerprint density at radius 3 is 2.38 bits per heavy atom. The second-order valence-corrected chi connectivity index (χ2v) is 6.66. The normalized spacial score (nSPS) is 10.8. The number of hydrogen-bond donors (Lipinski definition) is 0. The number of carbonyl (C=O) groups is 1. The van der Waals surface area contributed by atoms with E-state index >= 15 is 0 Å². The van der Waals surface area contributed by atoms with Crippen molar-refractivity contribution in [1.82, 2.24) is 10.1 Å². The van der Waals surface area contributed by atoms with Crippen LogP contribution in [-0.2, 0) is 0 Å². The molecule has 0 radical (unpaired) electrons. The van der Waals surface area contributed by atoms with Gasteiger partial charge in [-0.15, -0.1) is 0 Å². The SMILES string of the molecule is COc1ccc(C=Cc2noc(-c3ccccc3OC(=O)c3ccccc3)n2)cc1OC. The minimum atomic E-state index is -0.467. The fourth-order valence-corrected chi connectivity index (χ4v) is 3.00. The first-order chi connectivity index (χ1) is 15.7. The average Bonchev–Trinajstić information content (AvgIpc) is 3.32. The molecule has 7 heteroatoms. The predicted octanol–water partition coefficient (Wildman–Crippen LogP) is 5.14. The highest BCUT2D eigenvalue weighted by molar-refractivity contribution is 5.91. The van der Waals surface area contributed by atoms with Crippen LogP contribution < -0.4 is 14.2 Å². The Balaban J connectivity index is 1.54. The maximum Gasteiger partial charge on any atom is 0.343 e. The molecule has 0 atom stereocenters. The second kappa shape index (κ2) is 9.61. The van der Waals surface area contributed by atoms with E-state index in [9.17, 15) is 4.79 Å². The van der Waals surface area contributed by atoms with Gasteiger partial charge in [0.2, 0.25) is 0 Å². The van der Waals surface area contributed by atoms with Crippen molar-refractivity contribution in [2.75, 3.05) is 14.2 Å². The largest absolute Gasteiger partial charge is 0.493 e. The fourth-order valence-electron chi connectivity index (χ4n) is 3.00. The molecular formula is C25H20N2O5. The lowest BCUT2D eigenvalue weighted by atomic mass is 10.2. The summed E-state index contributed by atoms with van der Waals surface area (Å²) in [6.45, 7) is 0. The molecule has 7 nitrogen and oxygen atoms in total. The number of rotatable bonds is 7. The summed E-state index contributed by atoms with van der Waals surface area (Å²) in [7, 11) is 3.17. The van der Waals surface area contributed by atoms with Gasteiger partial charge in [-0.1, -0.05) is 47.6 Å². The number of nitrogens with zero attached hydrogens (tertiary/aromatic N) is 2. The molecule has 0 bridgehead atoms. The van der Waals surface area contributed by atoms with Gasteiger partial charge in [0.05, 0.1) is 25.3 Å². The summed E-state index contributed by atoms with van der Waals surface area (Å²) in [6.07, 6.45) is 3.55. The highest BCUT2D eigenvalue weighted by atomic mass is 16.5. The molecule has 0 aliphatic carbocycles. The molecule has 0 fully saturated rings. The molecule has 4 rings (SSSR count). The highest BCUT2D eigenvalue weighted by Crippen LogP contribution is 2.30. The van der Waals surface area contributed by atoms with Crippen molar-refractivity contribution in [2.24, 2.45) is 0 Å². The van der Waals surface area contributed by atoms with E-state index in [1.165, 1.54) is 0 Å². The topological polar surface area (TPSA) is 83.7 Å². The van der Waals surface area contributed by atoms with Crippen molar-refractivity contribution in [3.63, 3.8) is 0 Å². The first-order valence-electron chi connectivity index (χ1n) is 9.78. The van der Waals surface area contributed by atoms with Crippen LogP contribution in [0.25, 0.3) is 23.6 Å². The monoisotopic (exact) mass is 428 g/mol. The second-order valence-electron chi connectivity index (χ2n) is 6.66. The average molecular weight is 428 g/mol. The maximum absolute atomic E-state index is 12.4. The van der Waals surface area contributed by atoms with Crippen LogP contribution in [0.15, 0.2) is 77.3 Å². The molecule has 1 heterocycles. The molecule has 0 N–H and O–H groups in total. The summed E-state index contributed by atoms with van der Waals surface area (Å²) in [6, 6.07) is 21.3. The van der Waals surface area contributed by atoms with Crippen LogP contribution in [0.3, 0.4) is 0 Å². The minimum absolute atomic E-state index is 0.244. The maximum atomic E-state index is 12.4. The number of ether oxygens (including phenoxy) is 3. The number of esters is 1. The van der Waals surface area contributed by atoms with E-state index in [1.54, 1.807) is 68.8 Å². The third kappa shape index (κ3) is 4.67. The Labute approximate surface area is 184 Å². The van der Waals surface area contributed by atoms with Crippen LogP contribution in [0.2, 0.25) is 0 Å². The molecule has 0 aliphatic rings. The molecule has 0 amide bonds. The Hall–Kier alpha value is -4.39. The molecule has 0 saturated carbocycles. The number of para-hydroxylation sites is 1. The van der Waals surface area contributed by atoms with Crippen molar-refractivity contribution in [3.8, 4) is 28.7 Å². The summed E-state index contributed by atoms with van der Waals surface area (Å²) >= 11 is 0. The minimum Gasteiger partial charge on any atom is -0.493 e. The smallest absolute Gasteiger partial charge is 0.343 e. The Kier molecular flexibility index (Phi) is 6.27. The van der Waals surface area contributed by atoms with Gasteiger partial charge in [-0.25, -0.2) is 4.79 Å². The van der Waals surface area contributed by atoms with Crippen LogP contribution in [-0.4, -0.2) is 30.3 Å². The van der Waals surface area contributed by atoms with E-state index in [-0.39, 0.29) is 5.89 Å². The van der Waals surface area contributed by atoms with E-state index in [0.717, 1.165) is 5.56 Å². The third-order valence-corrected chi connectivity index (χ3v) is 4.60. The zero-order valence-corrected chi connectivity index (χ0v) is 17.5. The van der Waals surface area contributed by atoms with E-state index in [1.807, 2.05) is 30.3 Å². The fraction of sp³-hybridized carbons (Fsp3) is 0.0800. The zero-order chi connectivity index (χ0) is 22.3. The standard InChI is InChI=1S/C25H20N2O5/c1-29-21-14-12-17(16-22(21)30-2)13-15-23-26-24(32-27-23)19-10-6-7-11-20(19)31-25(28)18-8-4-3-5-9-18/h3-16H,1-2H3. The van der Waals surface area contributed by atoms with Crippen LogP contribution >= 0.6 is 0 Å². The molecular weight excluding hydrogens is 408 g/mol. The molecule has 32 heavy (non-hydrogen) atoms. The summed E-state index contributed by atoms with van der Waals surface area (Å²) in [4.78, 5) is 16.8. The van der Waals surface area contributed by atoms with Crippen LogP contribution in [0.4, 0.5) is 0 Å². The van der Waals surface area contributed by atoms with Crippen molar-refractivity contribution in [2.45, 2.75) is 0 Å². The van der Waals surface area contributed by atoms with Crippen molar-refractivity contribution in [1.29, 1.82) is 0 Å². The van der Waals surface area contributed by atoms with Crippen LogP contribution in [0.5, 0.6) is 17.2 Å². The van der Waals surface area contributed by atoms with Gasteiger partial charge in [0, 0.05) is 0 Å². The molecule has 0 spiro atoms. The van der Waals surface area contributed by atoms with Gasteiger partial charge < -0.3 is 18.7 Å². The van der Waals surface area contributed by atoms with Crippen molar-refractivity contribution < 1.29 is 23.5 Å². The van der Waals surface area contributed by atoms with Gasteiger partial charge in [-0.2, -0.15) is 4.98 Å². The quantitative estimate of drug-likeness (QED) is 0.298. The predicted molar refractivity (Wildman–Crippen MR) is 120 cm³/mol. The highest BCUT2D eigenvalue weighted by Gasteiger charge is 2.16. The molecule has 0 unspecified atom stereocenters. The lowest BCUT2D eigenvalue weighted by Crippen LogP contribution is -2.08. The molecule has 4 aromatic rings. The van der Waals surface area contributed by atoms with Crippen LogP contribution in [0, 0.1) is 0 Å². The van der Waals surface area contributed by atoms with Crippen LogP contribution in [0.1, 0.15) is 21.7 Å². The van der Waals surface area contributed by atoms with Gasteiger partial charge in [0.15, 0.2) is 17.3 Å². The molecule has 0 saturated heterocycles. The molecule has 1 aromatic heterocycles. The third-order valence-electron chi connectivity index (χ3n) is 4.60. The van der Waals surface area contributed by atoms with Gasteiger partial charge in [-0.05, 0) is 48.0 Å². The van der Waals surface area contributed by atoms with Gasteiger partial charge in [0.1, 0.15) is 5.75 Å². The number of benzene rings is 3. The summed E-state index contributed by atoms with van der Waals surface area (Å²) < 4.78 is 21.5. The molecule has 160 valence electrons. The summed E-state index contributed by atoms with van der Waals surface area (Å²) in [5.74, 6) is 1.75. The lowest BCUT2D eigenvalue weighted by molar-refractivity contribution is 0.0735. The number of hydrogen-bond acceptors (Lipinski definition) is 7. The Bertz CT molecular complexity index is 1250.